The van der Waals surface area contributed by atoms with Gasteiger partial charge in [-0.05, 0) is 6.42 Å². The topological polar surface area (TPSA) is 87.7 Å². The summed E-state index contributed by atoms with van der Waals surface area (Å²) in [6, 6.07) is 0. The lowest BCUT2D eigenvalue weighted by Gasteiger charge is -2.29. The van der Waals surface area contributed by atoms with Crippen molar-refractivity contribution in [2.45, 2.75) is 39.7 Å². The molecule has 2 amide bonds. The van der Waals surface area contributed by atoms with Gasteiger partial charge in [0, 0.05) is 37.3 Å². The zero-order chi connectivity index (χ0) is 16.3. The molecule has 7 heteroatoms. The molecule has 1 unspecified atom stereocenters. The summed E-state index contributed by atoms with van der Waals surface area (Å²) in [7, 11) is 0. The minimum absolute atomic E-state index is 0.149. The SMILES string of the molecule is CCCOCC(C)(C)C(O)C(=O)NCCC(=O)NCCS. The average Bonchev–Trinajstić information content (AvgIpc) is 2.44. The Labute approximate surface area is 132 Å². The first-order chi connectivity index (χ1) is 9.85. The molecule has 0 rings (SSSR count). The lowest BCUT2D eigenvalue weighted by molar-refractivity contribution is -0.138. The molecule has 6 nitrogen and oxygen atoms in total. The molecular formula is C14H28N2O4S. The minimum Gasteiger partial charge on any atom is -0.383 e. The molecule has 21 heavy (non-hydrogen) atoms. The number of thiol groups is 1. The third kappa shape index (κ3) is 8.95. The van der Waals surface area contributed by atoms with Crippen molar-refractivity contribution in [1.82, 2.24) is 10.6 Å². The average molecular weight is 320 g/mol. The van der Waals surface area contributed by atoms with E-state index in [0.717, 1.165) is 6.42 Å². The molecule has 1 atom stereocenters. The van der Waals surface area contributed by atoms with Gasteiger partial charge in [-0.25, -0.2) is 0 Å². The van der Waals surface area contributed by atoms with Crippen LogP contribution in [0.1, 0.15) is 33.6 Å². The first-order valence-electron chi connectivity index (χ1n) is 7.26. The highest BCUT2D eigenvalue weighted by Gasteiger charge is 2.33. The van der Waals surface area contributed by atoms with Crippen molar-refractivity contribution in [2.75, 3.05) is 32.1 Å². The number of rotatable bonds is 11. The third-order valence-corrected chi connectivity index (χ3v) is 3.12. The molecule has 0 bridgehead atoms. The first-order valence-corrected chi connectivity index (χ1v) is 7.89. The third-order valence-electron chi connectivity index (χ3n) is 2.90. The van der Waals surface area contributed by atoms with Gasteiger partial charge in [0.1, 0.15) is 6.10 Å². The van der Waals surface area contributed by atoms with Crippen LogP contribution >= 0.6 is 12.6 Å². The quantitative estimate of drug-likeness (QED) is 0.327. The van der Waals surface area contributed by atoms with Crippen molar-refractivity contribution in [1.29, 1.82) is 0 Å². The second kappa shape index (κ2) is 10.9. The first kappa shape index (κ1) is 20.2. The molecule has 0 aliphatic heterocycles. The number of hydrogen-bond donors (Lipinski definition) is 4. The van der Waals surface area contributed by atoms with E-state index in [1.807, 2.05) is 6.92 Å². The number of hydrogen-bond acceptors (Lipinski definition) is 5. The Bertz CT molecular complexity index is 324. The van der Waals surface area contributed by atoms with E-state index in [2.05, 4.69) is 23.3 Å². The summed E-state index contributed by atoms with van der Waals surface area (Å²) >= 11 is 3.98. The predicted octanol–water partition coefficient (Wildman–Crippen LogP) is 0.352. The van der Waals surface area contributed by atoms with Crippen LogP contribution in [-0.4, -0.2) is 55.1 Å². The van der Waals surface area contributed by atoms with Gasteiger partial charge in [0.15, 0.2) is 0 Å². The normalized spacial score (nSPS) is 12.8. The van der Waals surface area contributed by atoms with Gasteiger partial charge in [0.25, 0.3) is 0 Å². The van der Waals surface area contributed by atoms with Gasteiger partial charge in [-0.2, -0.15) is 12.6 Å². The molecule has 0 aliphatic carbocycles. The van der Waals surface area contributed by atoms with Gasteiger partial charge in [-0.15, -0.1) is 0 Å². The lowest BCUT2D eigenvalue weighted by atomic mass is 9.87. The Morgan fingerprint density at radius 3 is 2.52 bits per heavy atom. The summed E-state index contributed by atoms with van der Waals surface area (Å²) in [4.78, 5) is 23.2. The van der Waals surface area contributed by atoms with Gasteiger partial charge in [0.2, 0.25) is 11.8 Å². The molecule has 0 radical (unpaired) electrons. The van der Waals surface area contributed by atoms with Gasteiger partial charge >= 0.3 is 0 Å². The van der Waals surface area contributed by atoms with Crippen LogP contribution in [0.15, 0.2) is 0 Å². The molecule has 0 heterocycles. The van der Waals surface area contributed by atoms with Crippen LogP contribution in [-0.2, 0) is 14.3 Å². The van der Waals surface area contributed by atoms with Crippen LogP contribution < -0.4 is 10.6 Å². The van der Waals surface area contributed by atoms with Crippen LogP contribution in [0.4, 0.5) is 0 Å². The van der Waals surface area contributed by atoms with E-state index >= 15 is 0 Å². The van der Waals surface area contributed by atoms with Crippen LogP contribution in [0.5, 0.6) is 0 Å². The predicted molar refractivity (Wildman–Crippen MR) is 85.4 cm³/mol. The van der Waals surface area contributed by atoms with Crippen LogP contribution in [0.2, 0.25) is 0 Å². The fourth-order valence-electron chi connectivity index (χ4n) is 1.59. The van der Waals surface area contributed by atoms with E-state index in [9.17, 15) is 14.7 Å². The Morgan fingerprint density at radius 2 is 1.95 bits per heavy atom. The second-order valence-electron chi connectivity index (χ2n) is 5.56. The van der Waals surface area contributed by atoms with E-state index in [4.69, 9.17) is 4.74 Å². The number of amides is 2. The standard InChI is InChI=1S/C14H28N2O4S/c1-4-8-20-10-14(2,3)12(18)13(19)16-6-5-11(17)15-7-9-21/h12,18,21H,4-10H2,1-3H3,(H,15,17)(H,16,19). The molecule has 0 aliphatic rings. The fourth-order valence-corrected chi connectivity index (χ4v) is 1.70. The van der Waals surface area contributed by atoms with Crippen LogP contribution in [0.3, 0.4) is 0 Å². The Kier molecular flexibility index (Phi) is 10.5. The van der Waals surface area contributed by atoms with Crippen molar-refractivity contribution >= 4 is 24.4 Å². The Morgan fingerprint density at radius 1 is 1.29 bits per heavy atom. The number of nitrogens with one attached hydrogen (secondary N) is 2. The maximum absolute atomic E-state index is 11.9. The molecule has 0 aromatic carbocycles. The second-order valence-corrected chi connectivity index (χ2v) is 6.01. The summed E-state index contributed by atoms with van der Waals surface area (Å²) in [6.07, 6.45) is -0.103. The van der Waals surface area contributed by atoms with E-state index in [1.165, 1.54) is 0 Å². The summed E-state index contributed by atoms with van der Waals surface area (Å²) in [5.74, 6) is -0.0607. The molecule has 0 aromatic rings. The molecule has 124 valence electrons. The highest BCUT2D eigenvalue weighted by molar-refractivity contribution is 7.80. The highest BCUT2D eigenvalue weighted by Crippen LogP contribution is 2.21. The van der Waals surface area contributed by atoms with E-state index in [0.29, 0.717) is 25.5 Å². The van der Waals surface area contributed by atoms with E-state index in [1.54, 1.807) is 13.8 Å². The highest BCUT2D eigenvalue weighted by atomic mass is 32.1. The van der Waals surface area contributed by atoms with Gasteiger partial charge in [0.05, 0.1) is 6.61 Å². The minimum atomic E-state index is -1.17. The zero-order valence-corrected chi connectivity index (χ0v) is 14.0. The molecular weight excluding hydrogens is 292 g/mol. The van der Waals surface area contributed by atoms with Crippen molar-refractivity contribution in [3.05, 3.63) is 0 Å². The molecule has 0 aromatic heterocycles. The zero-order valence-electron chi connectivity index (χ0n) is 13.1. The number of aliphatic hydroxyl groups is 1. The molecule has 0 spiro atoms. The summed E-state index contributed by atoms with van der Waals surface area (Å²) in [5.41, 5.74) is -0.673. The molecule has 0 saturated heterocycles. The van der Waals surface area contributed by atoms with Crippen molar-refractivity contribution < 1.29 is 19.4 Å². The Hall–Kier alpha value is -0.790. The number of carbonyl (C=O) groups is 2. The lowest BCUT2D eigenvalue weighted by Crippen LogP contribution is -2.46. The van der Waals surface area contributed by atoms with Gasteiger partial charge in [-0.1, -0.05) is 20.8 Å². The summed E-state index contributed by atoms with van der Waals surface area (Å²) in [6.45, 7) is 7.13. The number of carbonyl (C=O) groups excluding carboxylic acids is 2. The maximum atomic E-state index is 11.9. The van der Waals surface area contributed by atoms with Gasteiger partial charge in [-0.3, -0.25) is 9.59 Å². The molecule has 0 fully saturated rings. The number of ether oxygens (including phenoxy) is 1. The Balaban J connectivity index is 4.05. The monoisotopic (exact) mass is 320 g/mol. The smallest absolute Gasteiger partial charge is 0.249 e. The van der Waals surface area contributed by atoms with Crippen molar-refractivity contribution in [2.24, 2.45) is 5.41 Å². The molecule has 3 N–H and O–H groups in total. The van der Waals surface area contributed by atoms with Gasteiger partial charge < -0.3 is 20.5 Å². The molecule has 0 saturated carbocycles. The summed E-state index contributed by atoms with van der Waals surface area (Å²) in [5, 5.41) is 15.3. The number of aliphatic hydroxyl groups excluding tert-OH is 1. The maximum Gasteiger partial charge on any atom is 0.249 e. The van der Waals surface area contributed by atoms with E-state index in [-0.39, 0.29) is 18.9 Å². The van der Waals surface area contributed by atoms with Crippen molar-refractivity contribution in [3.63, 3.8) is 0 Å². The van der Waals surface area contributed by atoms with Crippen molar-refractivity contribution in [3.8, 4) is 0 Å². The fraction of sp³-hybridized carbons (Fsp3) is 0.857. The van der Waals surface area contributed by atoms with Crippen LogP contribution in [0, 0.1) is 5.41 Å². The van der Waals surface area contributed by atoms with E-state index < -0.39 is 17.4 Å². The summed E-state index contributed by atoms with van der Waals surface area (Å²) < 4.78 is 5.39. The van der Waals surface area contributed by atoms with Crippen LogP contribution in [0.25, 0.3) is 0 Å². The largest absolute Gasteiger partial charge is 0.383 e.